The third-order valence-corrected chi connectivity index (χ3v) is 5.40. The van der Waals surface area contributed by atoms with Gasteiger partial charge in [0, 0.05) is 31.5 Å². The molecular weight excluding hydrogens is 417 g/mol. The number of pyridine rings is 1. The second-order valence-electron chi connectivity index (χ2n) is 7.67. The van der Waals surface area contributed by atoms with Crippen LogP contribution in [0.2, 0.25) is 0 Å². The van der Waals surface area contributed by atoms with Crippen LogP contribution in [-0.4, -0.2) is 24.0 Å². The zero-order chi connectivity index (χ0) is 22.6. The minimum absolute atomic E-state index is 0.125. The molecule has 2 aromatic carbocycles. The molecule has 166 valence electrons. The molecule has 2 heterocycles. The number of amides is 1. The zero-order valence-electron chi connectivity index (χ0n) is 17.3. The van der Waals surface area contributed by atoms with Gasteiger partial charge in [-0.3, -0.25) is 4.79 Å². The summed E-state index contributed by atoms with van der Waals surface area (Å²) in [5, 5.41) is 5.47. The highest BCUT2D eigenvalue weighted by atomic mass is 19.4. The quantitative estimate of drug-likeness (QED) is 0.597. The van der Waals surface area contributed by atoms with E-state index in [0.717, 1.165) is 43.0 Å². The van der Waals surface area contributed by atoms with Crippen molar-refractivity contribution >= 4 is 17.4 Å². The van der Waals surface area contributed by atoms with Crippen molar-refractivity contribution in [2.75, 3.05) is 23.3 Å². The van der Waals surface area contributed by atoms with Gasteiger partial charge < -0.3 is 15.5 Å². The van der Waals surface area contributed by atoms with Crippen molar-refractivity contribution in [3.63, 3.8) is 0 Å². The standard InChI is InChI=1S/C24H23F3N4O/c25-24(26,27)20-6-3-7-21(12-20)28-15-23(32)30-14-17-8-9-22(29-13-17)31-11-10-18-4-1-2-5-19(18)16-31/h1-9,12-13,28H,10-11,14-16H2,(H,30,32). The normalized spacial score (nSPS) is 13.4. The lowest BCUT2D eigenvalue weighted by atomic mass is 10.00. The maximum Gasteiger partial charge on any atom is 0.416 e. The van der Waals surface area contributed by atoms with Crippen molar-refractivity contribution in [3.05, 3.63) is 89.1 Å². The fourth-order valence-electron chi connectivity index (χ4n) is 3.65. The Labute approximate surface area is 184 Å². The molecule has 0 radical (unpaired) electrons. The molecule has 3 aromatic rings. The van der Waals surface area contributed by atoms with E-state index < -0.39 is 11.7 Å². The van der Waals surface area contributed by atoms with Crippen LogP contribution in [0.4, 0.5) is 24.7 Å². The SMILES string of the molecule is O=C(CNc1cccc(C(F)(F)F)c1)NCc1ccc(N2CCc3ccccc3C2)nc1. The van der Waals surface area contributed by atoms with Crippen LogP contribution in [0, 0.1) is 0 Å². The van der Waals surface area contributed by atoms with Crippen molar-refractivity contribution in [2.45, 2.75) is 25.7 Å². The lowest BCUT2D eigenvalue weighted by Crippen LogP contribution is -2.31. The molecule has 1 amide bonds. The maximum absolute atomic E-state index is 12.8. The Kier molecular flexibility index (Phi) is 6.30. The summed E-state index contributed by atoms with van der Waals surface area (Å²) >= 11 is 0. The number of hydrogen-bond donors (Lipinski definition) is 2. The summed E-state index contributed by atoms with van der Waals surface area (Å²) in [5.41, 5.74) is 3.01. The Morgan fingerprint density at radius 2 is 1.84 bits per heavy atom. The van der Waals surface area contributed by atoms with E-state index >= 15 is 0 Å². The fourth-order valence-corrected chi connectivity index (χ4v) is 3.65. The van der Waals surface area contributed by atoms with Gasteiger partial charge in [-0.1, -0.05) is 36.4 Å². The number of anilines is 2. The predicted octanol–water partition coefficient (Wildman–Crippen LogP) is 4.39. The molecule has 2 N–H and O–H groups in total. The number of aromatic nitrogens is 1. The second-order valence-corrected chi connectivity index (χ2v) is 7.67. The minimum atomic E-state index is -4.42. The molecule has 0 atom stereocenters. The molecule has 1 aliphatic rings. The number of benzene rings is 2. The van der Waals surface area contributed by atoms with E-state index in [1.54, 1.807) is 6.20 Å². The first-order valence-corrected chi connectivity index (χ1v) is 10.3. The molecule has 4 rings (SSSR count). The van der Waals surface area contributed by atoms with Gasteiger partial charge in [-0.15, -0.1) is 0 Å². The monoisotopic (exact) mass is 440 g/mol. The number of carbonyl (C=O) groups is 1. The number of nitrogens with zero attached hydrogens (tertiary/aromatic N) is 2. The van der Waals surface area contributed by atoms with Crippen LogP contribution in [0.1, 0.15) is 22.3 Å². The predicted molar refractivity (Wildman–Crippen MR) is 117 cm³/mol. The highest BCUT2D eigenvalue weighted by Crippen LogP contribution is 2.30. The lowest BCUT2D eigenvalue weighted by molar-refractivity contribution is -0.137. The molecule has 5 nitrogen and oxygen atoms in total. The van der Waals surface area contributed by atoms with Gasteiger partial charge >= 0.3 is 6.18 Å². The number of hydrogen-bond acceptors (Lipinski definition) is 4. The van der Waals surface area contributed by atoms with E-state index in [-0.39, 0.29) is 18.1 Å². The fraction of sp³-hybridized carbons (Fsp3) is 0.250. The van der Waals surface area contributed by atoms with Gasteiger partial charge in [-0.05, 0) is 47.4 Å². The number of carbonyl (C=O) groups excluding carboxylic acids is 1. The van der Waals surface area contributed by atoms with Crippen LogP contribution in [0.3, 0.4) is 0 Å². The van der Waals surface area contributed by atoms with Crippen LogP contribution in [0.15, 0.2) is 66.9 Å². The second kappa shape index (κ2) is 9.30. The molecule has 1 aromatic heterocycles. The number of fused-ring (bicyclic) bond motifs is 1. The largest absolute Gasteiger partial charge is 0.416 e. The zero-order valence-corrected chi connectivity index (χ0v) is 17.3. The first kappa shape index (κ1) is 21.7. The summed E-state index contributed by atoms with van der Waals surface area (Å²) in [6.07, 6.45) is -1.71. The van der Waals surface area contributed by atoms with Crippen molar-refractivity contribution in [1.82, 2.24) is 10.3 Å². The van der Waals surface area contributed by atoms with E-state index in [1.807, 2.05) is 18.2 Å². The van der Waals surface area contributed by atoms with Crippen molar-refractivity contribution in [2.24, 2.45) is 0 Å². The summed E-state index contributed by atoms with van der Waals surface area (Å²) in [4.78, 5) is 18.8. The Hall–Kier alpha value is -3.55. The highest BCUT2D eigenvalue weighted by Gasteiger charge is 2.30. The highest BCUT2D eigenvalue weighted by molar-refractivity contribution is 5.80. The molecule has 0 saturated heterocycles. The molecule has 0 bridgehead atoms. The van der Waals surface area contributed by atoms with E-state index in [9.17, 15) is 18.0 Å². The molecule has 8 heteroatoms. The number of rotatable bonds is 6. The van der Waals surface area contributed by atoms with Crippen molar-refractivity contribution in [3.8, 4) is 0 Å². The van der Waals surface area contributed by atoms with Crippen LogP contribution in [0.25, 0.3) is 0 Å². The molecule has 0 saturated carbocycles. The number of halogens is 3. The Morgan fingerprint density at radius 3 is 2.59 bits per heavy atom. The van der Waals surface area contributed by atoms with Gasteiger partial charge in [0.15, 0.2) is 0 Å². The van der Waals surface area contributed by atoms with Crippen LogP contribution in [-0.2, 0) is 30.5 Å². The average Bonchev–Trinajstić information content (AvgIpc) is 2.81. The minimum Gasteiger partial charge on any atom is -0.376 e. The van der Waals surface area contributed by atoms with Crippen LogP contribution in [0.5, 0.6) is 0 Å². The summed E-state index contributed by atoms with van der Waals surface area (Å²) in [6.45, 7) is 1.89. The van der Waals surface area contributed by atoms with Gasteiger partial charge in [0.05, 0.1) is 12.1 Å². The Morgan fingerprint density at radius 1 is 1.03 bits per heavy atom. The average molecular weight is 440 g/mol. The Bertz CT molecular complexity index is 1080. The summed E-state index contributed by atoms with van der Waals surface area (Å²) in [5.74, 6) is 0.569. The molecule has 0 spiro atoms. The van der Waals surface area contributed by atoms with Crippen molar-refractivity contribution in [1.29, 1.82) is 0 Å². The third kappa shape index (κ3) is 5.38. The van der Waals surface area contributed by atoms with Crippen LogP contribution < -0.4 is 15.5 Å². The molecule has 32 heavy (non-hydrogen) atoms. The van der Waals surface area contributed by atoms with Gasteiger partial charge in [-0.25, -0.2) is 4.98 Å². The third-order valence-electron chi connectivity index (χ3n) is 5.40. The molecular formula is C24H23F3N4O. The summed E-state index contributed by atoms with van der Waals surface area (Å²) in [7, 11) is 0. The molecule has 0 aliphatic carbocycles. The molecule has 0 unspecified atom stereocenters. The van der Waals surface area contributed by atoms with Crippen molar-refractivity contribution < 1.29 is 18.0 Å². The van der Waals surface area contributed by atoms with Crippen LogP contribution >= 0.6 is 0 Å². The van der Waals surface area contributed by atoms with Gasteiger partial charge in [-0.2, -0.15) is 13.2 Å². The summed E-state index contributed by atoms with van der Waals surface area (Å²) in [6, 6.07) is 17.0. The Balaban J connectivity index is 1.26. The molecule has 0 fully saturated rings. The van der Waals surface area contributed by atoms with E-state index in [1.165, 1.54) is 23.3 Å². The molecule has 1 aliphatic heterocycles. The number of alkyl halides is 3. The topological polar surface area (TPSA) is 57.3 Å². The lowest BCUT2D eigenvalue weighted by Gasteiger charge is -2.29. The van der Waals surface area contributed by atoms with Gasteiger partial charge in [0.2, 0.25) is 5.91 Å². The van der Waals surface area contributed by atoms with E-state index in [2.05, 4.69) is 38.7 Å². The smallest absolute Gasteiger partial charge is 0.376 e. The van der Waals surface area contributed by atoms with Gasteiger partial charge in [0.1, 0.15) is 5.82 Å². The first-order valence-electron chi connectivity index (χ1n) is 10.3. The number of nitrogens with one attached hydrogen (secondary N) is 2. The van der Waals surface area contributed by atoms with E-state index in [4.69, 9.17) is 0 Å². The maximum atomic E-state index is 12.8. The summed E-state index contributed by atoms with van der Waals surface area (Å²) < 4.78 is 38.3. The first-order chi connectivity index (χ1) is 15.4. The van der Waals surface area contributed by atoms with E-state index in [0.29, 0.717) is 6.54 Å². The van der Waals surface area contributed by atoms with Gasteiger partial charge in [0.25, 0.3) is 0 Å².